The predicted molar refractivity (Wildman–Crippen MR) is 49.2 cm³/mol. The summed E-state index contributed by atoms with van der Waals surface area (Å²) in [5.74, 6) is 0. The number of nitrogens with zero attached hydrogens (tertiary/aromatic N) is 2. The number of alkyl halides is 3. The molecule has 2 aromatic heterocycles. The highest BCUT2D eigenvalue weighted by Crippen LogP contribution is 2.27. The second kappa shape index (κ2) is 3.51. The third kappa shape index (κ3) is 1.83. The third-order valence-electron chi connectivity index (χ3n) is 1.97. The number of aromatic nitrogens is 3. The molecule has 0 saturated carbocycles. The Morgan fingerprint density at radius 2 is 2.06 bits per heavy atom. The van der Waals surface area contributed by atoms with Crippen LogP contribution in [0.4, 0.5) is 13.2 Å². The number of rotatable bonds is 1. The van der Waals surface area contributed by atoms with Crippen molar-refractivity contribution in [2.24, 2.45) is 0 Å². The summed E-state index contributed by atoms with van der Waals surface area (Å²) in [5, 5.41) is 0. The molecule has 0 aliphatic rings. The molecule has 0 aliphatic heterocycles. The average Bonchev–Trinajstić information content (AvgIpc) is 2.63. The number of hydrogen-bond donors (Lipinski definition) is 1. The molecule has 0 unspecified atom stereocenters. The van der Waals surface area contributed by atoms with Crippen molar-refractivity contribution in [3.05, 3.63) is 46.9 Å². The number of halogens is 3. The maximum Gasteiger partial charge on any atom is 0.433 e. The summed E-state index contributed by atoms with van der Waals surface area (Å²) in [6, 6.07) is 2.01. The molecular weight excluding hydrogens is 223 g/mol. The number of imidazole rings is 1. The average molecular weight is 229 g/mol. The van der Waals surface area contributed by atoms with Gasteiger partial charge in [0.1, 0.15) is 5.69 Å². The van der Waals surface area contributed by atoms with Crippen LogP contribution in [0.2, 0.25) is 0 Å². The first kappa shape index (κ1) is 10.5. The SMILES string of the molecule is O=c1[nH]ccn1-c1ccc(C(F)(F)F)nc1. The van der Waals surface area contributed by atoms with Gasteiger partial charge in [0.2, 0.25) is 0 Å². The van der Waals surface area contributed by atoms with Crippen LogP contribution in [-0.4, -0.2) is 14.5 Å². The molecule has 0 aliphatic carbocycles. The highest BCUT2D eigenvalue weighted by molar-refractivity contribution is 5.30. The van der Waals surface area contributed by atoms with Gasteiger partial charge in [0, 0.05) is 12.4 Å². The summed E-state index contributed by atoms with van der Waals surface area (Å²) in [4.78, 5) is 16.8. The molecule has 84 valence electrons. The van der Waals surface area contributed by atoms with E-state index in [9.17, 15) is 18.0 Å². The molecule has 0 fully saturated rings. The standard InChI is InChI=1S/C9H6F3N3O/c10-9(11,12)7-2-1-6(5-14-7)15-4-3-13-8(15)16/h1-5H,(H,13,16). The van der Waals surface area contributed by atoms with E-state index in [4.69, 9.17) is 0 Å². The molecule has 16 heavy (non-hydrogen) atoms. The van der Waals surface area contributed by atoms with Crippen molar-refractivity contribution in [1.29, 1.82) is 0 Å². The summed E-state index contributed by atoms with van der Waals surface area (Å²) >= 11 is 0. The fourth-order valence-electron chi connectivity index (χ4n) is 1.22. The van der Waals surface area contributed by atoms with Gasteiger partial charge in [-0.1, -0.05) is 0 Å². The molecule has 0 atom stereocenters. The molecule has 0 saturated heterocycles. The third-order valence-corrected chi connectivity index (χ3v) is 1.97. The lowest BCUT2D eigenvalue weighted by molar-refractivity contribution is -0.141. The van der Waals surface area contributed by atoms with Gasteiger partial charge in [0.15, 0.2) is 0 Å². The van der Waals surface area contributed by atoms with E-state index in [1.54, 1.807) is 0 Å². The second-order valence-electron chi connectivity index (χ2n) is 3.03. The van der Waals surface area contributed by atoms with Crippen LogP contribution in [0.25, 0.3) is 5.69 Å². The Hall–Kier alpha value is -2.05. The van der Waals surface area contributed by atoms with Gasteiger partial charge in [-0.05, 0) is 12.1 Å². The van der Waals surface area contributed by atoms with E-state index in [-0.39, 0.29) is 5.69 Å². The number of nitrogens with one attached hydrogen (secondary N) is 1. The summed E-state index contributed by atoms with van der Waals surface area (Å²) in [6.07, 6.45) is -0.674. The maximum atomic E-state index is 12.2. The van der Waals surface area contributed by atoms with Gasteiger partial charge in [-0.2, -0.15) is 13.2 Å². The van der Waals surface area contributed by atoms with Crippen molar-refractivity contribution < 1.29 is 13.2 Å². The van der Waals surface area contributed by atoms with Crippen molar-refractivity contribution in [3.8, 4) is 5.69 Å². The highest BCUT2D eigenvalue weighted by atomic mass is 19.4. The van der Waals surface area contributed by atoms with Crippen molar-refractivity contribution in [2.75, 3.05) is 0 Å². The summed E-state index contributed by atoms with van der Waals surface area (Å²) in [7, 11) is 0. The smallest absolute Gasteiger partial charge is 0.312 e. The Kier molecular flexibility index (Phi) is 2.30. The first-order valence-corrected chi connectivity index (χ1v) is 4.28. The van der Waals surface area contributed by atoms with Crippen LogP contribution in [-0.2, 0) is 6.18 Å². The van der Waals surface area contributed by atoms with Crippen molar-refractivity contribution >= 4 is 0 Å². The van der Waals surface area contributed by atoms with E-state index in [1.165, 1.54) is 18.5 Å². The monoisotopic (exact) mass is 229 g/mol. The van der Waals surface area contributed by atoms with Gasteiger partial charge in [0.05, 0.1) is 11.9 Å². The molecule has 4 nitrogen and oxygen atoms in total. The van der Waals surface area contributed by atoms with E-state index in [0.29, 0.717) is 0 Å². The Balaban J connectivity index is 2.41. The van der Waals surface area contributed by atoms with E-state index in [0.717, 1.165) is 16.8 Å². The van der Waals surface area contributed by atoms with Crippen LogP contribution in [0.15, 0.2) is 35.5 Å². The largest absolute Gasteiger partial charge is 0.433 e. The molecule has 0 bridgehead atoms. The minimum atomic E-state index is -4.47. The normalized spacial score (nSPS) is 11.7. The molecule has 2 rings (SSSR count). The molecule has 0 radical (unpaired) electrons. The molecule has 0 spiro atoms. The van der Waals surface area contributed by atoms with Gasteiger partial charge >= 0.3 is 11.9 Å². The Bertz CT molecular complexity index is 538. The molecule has 1 N–H and O–H groups in total. The summed E-state index contributed by atoms with van der Waals surface area (Å²) < 4.78 is 37.8. The Morgan fingerprint density at radius 3 is 2.50 bits per heavy atom. The predicted octanol–water partition coefficient (Wildman–Crippen LogP) is 1.58. The van der Waals surface area contributed by atoms with E-state index < -0.39 is 17.6 Å². The molecule has 2 heterocycles. The van der Waals surface area contributed by atoms with Crippen LogP contribution in [0.5, 0.6) is 0 Å². The Morgan fingerprint density at radius 1 is 1.31 bits per heavy atom. The minimum absolute atomic E-state index is 0.277. The van der Waals surface area contributed by atoms with Gasteiger partial charge in [-0.3, -0.25) is 4.57 Å². The van der Waals surface area contributed by atoms with Crippen LogP contribution >= 0.6 is 0 Å². The lowest BCUT2D eigenvalue weighted by Gasteiger charge is -2.06. The van der Waals surface area contributed by atoms with Crippen LogP contribution < -0.4 is 5.69 Å². The summed E-state index contributed by atoms with van der Waals surface area (Å²) in [5.41, 5.74) is -1.14. The van der Waals surface area contributed by atoms with Gasteiger partial charge in [0.25, 0.3) is 0 Å². The quantitative estimate of drug-likeness (QED) is 0.807. The fourth-order valence-corrected chi connectivity index (χ4v) is 1.22. The lowest BCUT2D eigenvalue weighted by Crippen LogP contribution is -2.15. The zero-order chi connectivity index (χ0) is 11.8. The molecule has 7 heteroatoms. The van der Waals surface area contributed by atoms with Gasteiger partial charge in [-0.15, -0.1) is 0 Å². The van der Waals surface area contributed by atoms with Gasteiger partial charge in [-0.25, -0.2) is 9.78 Å². The molecular formula is C9H6F3N3O. The van der Waals surface area contributed by atoms with Crippen molar-refractivity contribution in [2.45, 2.75) is 6.18 Å². The Labute approximate surface area is 87.4 Å². The maximum absolute atomic E-state index is 12.2. The lowest BCUT2D eigenvalue weighted by atomic mass is 10.3. The van der Waals surface area contributed by atoms with Crippen molar-refractivity contribution in [1.82, 2.24) is 14.5 Å². The highest BCUT2D eigenvalue weighted by Gasteiger charge is 2.32. The second-order valence-corrected chi connectivity index (χ2v) is 3.03. The molecule has 2 aromatic rings. The van der Waals surface area contributed by atoms with Crippen LogP contribution in [0, 0.1) is 0 Å². The minimum Gasteiger partial charge on any atom is -0.312 e. The number of pyridine rings is 1. The molecule has 0 amide bonds. The van der Waals surface area contributed by atoms with Crippen LogP contribution in [0.3, 0.4) is 0 Å². The van der Waals surface area contributed by atoms with Crippen molar-refractivity contribution in [3.63, 3.8) is 0 Å². The van der Waals surface area contributed by atoms with E-state index in [2.05, 4.69) is 9.97 Å². The number of H-pyrrole nitrogens is 1. The van der Waals surface area contributed by atoms with Crippen LogP contribution in [0.1, 0.15) is 5.69 Å². The number of aromatic amines is 1. The van der Waals surface area contributed by atoms with E-state index >= 15 is 0 Å². The van der Waals surface area contributed by atoms with E-state index in [1.807, 2.05) is 0 Å². The first-order valence-electron chi connectivity index (χ1n) is 4.28. The topological polar surface area (TPSA) is 50.7 Å². The first-order chi connectivity index (χ1) is 7.48. The summed E-state index contributed by atoms with van der Waals surface area (Å²) in [6.45, 7) is 0. The zero-order valence-electron chi connectivity index (χ0n) is 7.82. The number of hydrogen-bond acceptors (Lipinski definition) is 2. The van der Waals surface area contributed by atoms with Gasteiger partial charge < -0.3 is 4.98 Å². The molecule has 0 aromatic carbocycles. The zero-order valence-corrected chi connectivity index (χ0v) is 7.82. The fraction of sp³-hybridized carbons (Fsp3) is 0.111.